The van der Waals surface area contributed by atoms with Crippen LogP contribution >= 0.6 is 11.3 Å². The third-order valence-electron chi connectivity index (χ3n) is 4.98. The number of thiazole rings is 1. The Labute approximate surface area is 211 Å². The summed E-state index contributed by atoms with van der Waals surface area (Å²) in [5.41, 5.74) is -0.403. The van der Waals surface area contributed by atoms with Crippen LogP contribution in [0.2, 0.25) is 0 Å². The summed E-state index contributed by atoms with van der Waals surface area (Å²) in [4.78, 5) is 42.6. The van der Waals surface area contributed by atoms with Gasteiger partial charge in [0.1, 0.15) is 16.1 Å². The maximum atomic E-state index is 11.6. The normalized spacial score (nSPS) is 16.9. The van der Waals surface area contributed by atoms with Crippen LogP contribution in [-0.4, -0.2) is 89.2 Å². The van der Waals surface area contributed by atoms with E-state index in [-0.39, 0.29) is 23.1 Å². The number of ether oxygens (including phenoxy) is 2. The quantitative estimate of drug-likeness (QED) is 0.543. The minimum Gasteiger partial charge on any atom is -0.477 e. The molecule has 0 radical (unpaired) electrons. The molecule has 2 aliphatic rings. The van der Waals surface area contributed by atoms with Gasteiger partial charge in [0.15, 0.2) is 5.13 Å². The van der Waals surface area contributed by atoms with E-state index in [0.29, 0.717) is 23.9 Å². The van der Waals surface area contributed by atoms with Crippen LogP contribution in [0.1, 0.15) is 63.8 Å². The number of nitrogens with zero attached hydrogens (tertiary/aromatic N) is 3. The van der Waals surface area contributed by atoms with Crippen molar-refractivity contribution in [3.05, 3.63) is 10.6 Å². The summed E-state index contributed by atoms with van der Waals surface area (Å²) >= 11 is 1.15. The highest BCUT2D eigenvalue weighted by Gasteiger charge is 2.32. The fourth-order valence-corrected chi connectivity index (χ4v) is 4.23. The second kappa shape index (κ2) is 11.4. The molecule has 0 aromatic carbocycles. The van der Waals surface area contributed by atoms with Gasteiger partial charge in [-0.2, -0.15) is 0 Å². The lowest BCUT2D eigenvalue weighted by Gasteiger charge is -2.39. The summed E-state index contributed by atoms with van der Waals surface area (Å²) in [5, 5.41) is 15.3. The number of hydrogen-bond donors (Lipinski definition) is 3. The Balaban J connectivity index is 0.000000269. The van der Waals surface area contributed by atoms with E-state index in [9.17, 15) is 14.4 Å². The maximum Gasteiger partial charge on any atom is 0.407 e. The lowest BCUT2D eigenvalue weighted by Crippen LogP contribution is -2.60. The molecular formula is C23H39N5O6S. The lowest BCUT2D eigenvalue weighted by molar-refractivity contribution is 0.0407. The predicted molar refractivity (Wildman–Crippen MR) is 134 cm³/mol. The molecule has 0 aliphatic carbocycles. The zero-order chi connectivity index (χ0) is 26.6. The molecule has 11 nitrogen and oxygen atoms in total. The SMILES string of the molecule is CCN1CC(NC(=O)OC(C)(C)C)C1.Cc1nc(N2CC(NC(=O)OC(C)(C)C)C2)sc1C(=O)O. The fourth-order valence-electron chi connectivity index (χ4n) is 3.31. The number of carboxylic acids is 1. The van der Waals surface area contributed by atoms with Crippen LogP contribution in [0.15, 0.2) is 0 Å². The molecule has 0 unspecified atom stereocenters. The van der Waals surface area contributed by atoms with Gasteiger partial charge in [0.2, 0.25) is 0 Å². The summed E-state index contributed by atoms with van der Waals surface area (Å²) in [7, 11) is 0. The fraction of sp³-hybridized carbons (Fsp3) is 0.739. The Morgan fingerprint density at radius 2 is 1.43 bits per heavy atom. The average Bonchev–Trinajstić information content (AvgIpc) is 2.99. The molecule has 2 aliphatic heterocycles. The highest BCUT2D eigenvalue weighted by Crippen LogP contribution is 2.29. The molecule has 0 saturated carbocycles. The van der Waals surface area contributed by atoms with Gasteiger partial charge in [0, 0.05) is 26.2 Å². The third kappa shape index (κ3) is 9.52. The molecule has 2 amide bonds. The minimum absolute atomic E-state index is 0.00247. The molecule has 0 bridgehead atoms. The van der Waals surface area contributed by atoms with Gasteiger partial charge in [-0.3, -0.25) is 4.90 Å². The number of rotatable bonds is 5. The van der Waals surface area contributed by atoms with E-state index in [1.54, 1.807) is 6.92 Å². The standard InChI is InChI=1S/C13H19N3O4S.C10H20N2O2/c1-7-9(10(17)18)21-11(14-7)16-5-8(6-16)15-12(19)20-13(2,3)4;1-5-12-6-8(7-12)11-9(13)14-10(2,3)4/h8H,5-6H2,1-4H3,(H,15,19)(H,17,18);8H,5-7H2,1-4H3,(H,11,13). The van der Waals surface area contributed by atoms with E-state index in [1.807, 2.05) is 46.4 Å². The second-order valence-electron chi connectivity index (χ2n) is 10.7. The Morgan fingerprint density at radius 3 is 1.80 bits per heavy atom. The molecule has 1 aromatic heterocycles. The summed E-state index contributed by atoms with van der Waals surface area (Å²) in [6.45, 7) is 19.0. The van der Waals surface area contributed by atoms with E-state index >= 15 is 0 Å². The van der Waals surface area contributed by atoms with Gasteiger partial charge in [-0.15, -0.1) is 0 Å². The predicted octanol–water partition coefficient (Wildman–Crippen LogP) is 3.08. The number of amides is 2. The van der Waals surface area contributed by atoms with Crippen molar-refractivity contribution in [2.24, 2.45) is 0 Å². The van der Waals surface area contributed by atoms with Crippen molar-refractivity contribution in [2.75, 3.05) is 37.6 Å². The molecule has 2 saturated heterocycles. The van der Waals surface area contributed by atoms with Crippen LogP contribution < -0.4 is 15.5 Å². The first-order valence-electron chi connectivity index (χ1n) is 11.7. The number of likely N-dealkylation sites (tertiary alicyclic amines) is 1. The zero-order valence-electron chi connectivity index (χ0n) is 21.9. The molecular weight excluding hydrogens is 474 g/mol. The number of anilines is 1. The van der Waals surface area contributed by atoms with Gasteiger partial charge in [-0.25, -0.2) is 19.4 Å². The molecule has 3 heterocycles. The summed E-state index contributed by atoms with van der Waals surface area (Å²) in [6, 6.07) is 0.266. The Kier molecular flexibility index (Phi) is 9.35. The lowest BCUT2D eigenvalue weighted by atomic mass is 10.1. The topological polar surface area (TPSA) is 133 Å². The van der Waals surface area contributed by atoms with Gasteiger partial charge in [-0.05, 0) is 55.0 Å². The Morgan fingerprint density at radius 1 is 0.971 bits per heavy atom. The van der Waals surface area contributed by atoms with Crippen molar-refractivity contribution in [1.29, 1.82) is 0 Å². The van der Waals surface area contributed by atoms with Gasteiger partial charge >= 0.3 is 18.2 Å². The first-order valence-corrected chi connectivity index (χ1v) is 12.5. The summed E-state index contributed by atoms with van der Waals surface area (Å²) in [6.07, 6.45) is -0.744. The number of carboxylic acid groups (broad SMARTS) is 1. The number of aromatic nitrogens is 1. The third-order valence-corrected chi connectivity index (χ3v) is 6.18. The number of carbonyl (C=O) groups excluding carboxylic acids is 2. The molecule has 0 spiro atoms. The van der Waals surface area contributed by atoms with Crippen LogP contribution in [0.25, 0.3) is 0 Å². The van der Waals surface area contributed by atoms with Crippen molar-refractivity contribution in [1.82, 2.24) is 20.5 Å². The van der Waals surface area contributed by atoms with E-state index in [2.05, 4.69) is 27.4 Å². The number of hydrogen-bond acceptors (Lipinski definition) is 9. The monoisotopic (exact) mass is 513 g/mol. The molecule has 3 rings (SSSR count). The van der Waals surface area contributed by atoms with Crippen LogP contribution in [0.3, 0.4) is 0 Å². The highest BCUT2D eigenvalue weighted by atomic mass is 32.1. The van der Waals surface area contributed by atoms with Crippen molar-refractivity contribution in [3.63, 3.8) is 0 Å². The number of alkyl carbamates (subject to hydrolysis) is 2. The smallest absolute Gasteiger partial charge is 0.407 e. The molecule has 198 valence electrons. The molecule has 3 N–H and O–H groups in total. The van der Waals surface area contributed by atoms with Crippen molar-refractivity contribution >= 4 is 34.6 Å². The average molecular weight is 514 g/mol. The number of likely N-dealkylation sites (N-methyl/N-ethyl adjacent to an activating group) is 1. The van der Waals surface area contributed by atoms with Crippen LogP contribution in [-0.2, 0) is 9.47 Å². The largest absolute Gasteiger partial charge is 0.477 e. The Bertz CT molecular complexity index is 895. The molecule has 12 heteroatoms. The van der Waals surface area contributed by atoms with Crippen LogP contribution in [0.5, 0.6) is 0 Å². The molecule has 1 aromatic rings. The number of aromatic carboxylic acids is 1. The first-order chi connectivity index (χ1) is 16.1. The van der Waals surface area contributed by atoms with Crippen LogP contribution in [0.4, 0.5) is 14.7 Å². The van der Waals surface area contributed by atoms with E-state index in [1.165, 1.54) is 0 Å². The van der Waals surface area contributed by atoms with Gasteiger partial charge in [-0.1, -0.05) is 18.3 Å². The van der Waals surface area contributed by atoms with Crippen LogP contribution in [0, 0.1) is 6.92 Å². The number of aryl methyl sites for hydroxylation is 1. The minimum atomic E-state index is -0.958. The van der Waals surface area contributed by atoms with E-state index in [4.69, 9.17) is 14.6 Å². The van der Waals surface area contributed by atoms with Gasteiger partial charge < -0.3 is 30.1 Å². The molecule has 35 heavy (non-hydrogen) atoms. The van der Waals surface area contributed by atoms with Gasteiger partial charge in [0.05, 0.1) is 17.8 Å². The molecule has 0 atom stereocenters. The van der Waals surface area contributed by atoms with Gasteiger partial charge in [0.25, 0.3) is 0 Å². The maximum absolute atomic E-state index is 11.6. The second-order valence-corrected chi connectivity index (χ2v) is 11.6. The van der Waals surface area contributed by atoms with Crippen molar-refractivity contribution in [2.45, 2.75) is 78.7 Å². The van der Waals surface area contributed by atoms with E-state index < -0.39 is 23.3 Å². The Hall–Kier alpha value is -2.60. The number of nitrogens with one attached hydrogen (secondary N) is 2. The zero-order valence-corrected chi connectivity index (χ0v) is 22.7. The first kappa shape index (κ1) is 28.6. The number of carbonyl (C=O) groups is 3. The van der Waals surface area contributed by atoms with Crippen molar-refractivity contribution < 1.29 is 29.0 Å². The summed E-state index contributed by atoms with van der Waals surface area (Å²) in [5.74, 6) is -0.958. The highest BCUT2D eigenvalue weighted by molar-refractivity contribution is 7.17. The van der Waals surface area contributed by atoms with Crippen molar-refractivity contribution in [3.8, 4) is 0 Å². The van der Waals surface area contributed by atoms with E-state index in [0.717, 1.165) is 31.0 Å². The molecule has 2 fully saturated rings. The summed E-state index contributed by atoms with van der Waals surface area (Å²) < 4.78 is 10.3.